The summed E-state index contributed by atoms with van der Waals surface area (Å²) >= 11 is 6.24. The molecule has 10 heteroatoms. The summed E-state index contributed by atoms with van der Waals surface area (Å²) in [5.74, 6) is -1.65. The van der Waals surface area contributed by atoms with Crippen molar-refractivity contribution in [2.24, 2.45) is 0 Å². The molecule has 2 aromatic carbocycles. The van der Waals surface area contributed by atoms with Crippen LogP contribution in [0.25, 0.3) is 5.76 Å². The minimum atomic E-state index is -0.998. The fraction of sp³-hybridized carbons (Fsp3) is 0.304. The number of rotatable bonds is 8. The van der Waals surface area contributed by atoms with Gasteiger partial charge >= 0.3 is 0 Å². The van der Waals surface area contributed by atoms with E-state index in [4.69, 9.17) is 30.5 Å². The number of halogens is 1. The van der Waals surface area contributed by atoms with Gasteiger partial charge in [0.05, 0.1) is 50.1 Å². The molecule has 0 spiro atoms. The Bertz CT molecular complexity index is 1110. The predicted molar refractivity (Wildman–Crippen MR) is 120 cm³/mol. The smallest absolute Gasteiger partial charge is 0.295 e. The maximum atomic E-state index is 13.1. The van der Waals surface area contributed by atoms with Crippen LogP contribution < -0.4 is 14.2 Å². The summed E-state index contributed by atoms with van der Waals surface area (Å²) < 4.78 is 20.7. The SMILES string of the molecule is COCCN1C(=O)C(=O)/C(=C(/O)c2cc(Cl)c(OC)cc2OC)C1c1ccc(OC)c(O)c1. The van der Waals surface area contributed by atoms with Crippen molar-refractivity contribution >= 4 is 29.1 Å². The maximum absolute atomic E-state index is 13.1. The summed E-state index contributed by atoms with van der Waals surface area (Å²) in [6.45, 7) is 0.235. The lowest BCUT2D eigenvalue weighted by Crippen LogP contribution is -2.32. The summed E-state index contributed by atoms with van der Waals surface area (Å²) in [7, 11) is 5.68. The molecule has 1 aliphatic heterocycles. The van der Waals surface area contributed by atoms with E-state index in [0.717, 1.165) is 0 Å². The molecule has 1 atom stereocenters. The van der Waals surface area contributed by atoms with Gasteiger partial charge in [-0.15, -0.1) is 0 Å². The molecule has 3 rings (SSSR count). The number of aliphatic hydroxyl groups is 1. The summed E-state index contributed by atoms with van der Waals surface area (Å²) in [4.78, 5) is 27.2. The third-order valence-corrected chi connectivity index (χ3v) is 5.62. The van der Waals surface area contributed by atoms with E-state index >= 15 is 0 Å². The molecule has 1 saturated heterocycles. The molecule has 1 amide bonds. The number of aliphatic hydroxyl groups excluding tert-OH is 1. The lowest BCUT2D eigenvalue weighted by atomic mass is 9.94. The number of benzene rings is 2. The van der Waals surface area contributed by atoms with Crippen LogP contribution in [0.3, 0.4) is 0 Å². The average Bonchev–Trinajstić information content (AvgIpc) is 3.06. The van der Waals surface area contributed by atoms with Crippen LogP contribution in [0.5, 0.6) is 23.0 Å². The lowest BCUT2D eigenvalue weighted by molar-refractivity contribution is -0.140. The predicted octanol–water partition coefficient (Wildman–Crippen LogP) is 3.14. The first-order chi connectivity index (χ1) is 15.8. The second-order valence-corrected chi connectivity index (χ2v) is 7.51. The number of hydrogen-bond donors (Lipinski definition) is 2. The minimum absolute atomic E-state index is 0.0792. The van der Waals surface area contributed by atoms with Crippen LogP contribution >= 0.6 is 11.6 Å². The van der Waals surface area contributed by atoms with Crippen molar-refractivity contribution in [1.82, 2.24) is 4.90 Å². The number of phenols is 1. The van der Waals surface area contributed by atoms with E-state index in [-0.39, 0.29) is 46.6 Å². The van der Waals surface area contributed by atoms with Gasteiger partial charge in [0.2, 0.25) is 0 Å². The molecule has 1 heterocycles. The van der Waals surface area contributed by atoms with Crippen LogP contribution in [0.2, 0.25) is 5.02 Å². The van der Waals surface area contributed by atoms with Crippen LogP contribution in [0.4, 0.5) is 0 Å². The van der Waals surface area contributed by atoms with Gasteiger partial charge in [0.1, 0.15) is 17.3 Å². The molecule has 9 nitrogen and oxygen atoms in total. The fourth-order valence-corrected chi connectivity index (χ4v) is 3.95. The number of amides is 1. The van der Waals surface area contributed by atoms with Gasteiger partial charge in [0, 0.05) is 19.7 Å². The molecular weight excluding hydrogens is 454 g/mol. The van der Waals surface area contributed by atoms with E-state index in [1.54, 1.807) is 6.07 Å². The quantitative estimate of drug-likeness (QED) is 0.338. The number of ketones is 1. The zero-order valence-corrected chi connectivity index (χ0v) is 19.3. The second kappa shape index (κ2) is 10.0. The number of carbonyl (C=O) groups excluding carboxylic acids is 2. The standard InChI is InChI=1S/C23H24ClNO8/c1-30-8-7-25-20(12-5-6-16(31-2)15(26)9-12)19(22(28)23(25)29)21(27)13-10-14(24)18(33-4)11-17(13)32-3/h5-6,9-11,20,26-27H,7-8H2,1-4H3/b21-19+. The highest BCUT2D eigenvalue weighted by atomic mass is 35.5. The van der Waals surface area contributed by atoms with E-state index < -0.39 is 23.5 Å². The second-order valence-electron chi connectivity index (χ2n) is 7.10. The van der Waals surface area contributed by atoms with Crippen molar-refractivity contribution in [3.8, 4) is 23.0 Å². The Morgan fingerprint density at radius 3 is 2.24 bits per heavy atom. The van der Waals surface area contributed by atoms with Crippen LogP contribution in [0, 0.1) is 0 Å². The van der Waals surface area contributed by atoms with Gasteiger partial charge in [0.25, 0.3) is 11.7 Å². The van der Waals surface area contributed by atoms with Crippen LogP contribution in [0.1, 0.15) is 17.2 Å². The molecule has 1 unspecified atom stereocenters. The van der Waals surface area contributed by atoms with Crippen LogP contribution in [0.15, 0.2) is 35.9 Å². The number of carbonyl (C=O) groups is 2. The summed E-state index contributed by atoms with van der Waals surface area (Å²) in [5, 5.41) is 21.7. The fourth-order valence-electron chi connectivity index (χ4n) is 3.71. The average molecular weight is 478 g/mol. The number of hydrogen-bond acceptors (Lipinski definition) is 8. The van der Waals surface area contributed by atoms with Crippen LogP contribution in [-0.2, 0) is 14.3 Å². The first-order valence-electron chi connectivity index (χ1n) is 9.85. The van der Waals surface area contributed by atoms with E-state index in [1.165, 1.54) is 57.6 Å². The van der Waals surface area contributed by atoms with Gasteiger partial charge in [-0.2, -0.15) is 0 Å². The highest BCUT2D eigenvalue weighted by Crippen LogP contribution is 2.44. The van der Waals surface area contributed by atoms with Crippen molar-refractivity contribution in [2.45, 2.75) is 6.04 Å². The van der Waals surface area contributed by atoms with Gasteiger partial charge in [-0.25, -0.2) is 0 Å². The zero-order chi connectivity index (χ0) is 24.3. The molecule has 0 aromatic heterocycles. The molecule has 0 saturated carbocycles. The number of aromatic hydroxyl groups is 1. The Hall–Kier alpha value is -3.43. The first-order valence-corrected chi connectivity index (χ1v) is 10.2. The molecule has 33 heavy (non-hydrogen) atoms. The van der Waals surface area contributed by atoms with E-state index in [1.807, 2.05) is 0 Å². The highest BCUT2D eigenvalue weighted by Gasteiger charge is 2.46. The van der Waals surface area contributed by atoms with Crippen molar-refractivity contribution < 1.29 is 38.7 Å². The molecule has 1 fully saturated rings. The van der Waals surface area contributed by atoms with Crippen LogP contribution in [-0.4, -0.2) is 68.4 Å². The Balaban J connectivity index is 2.25. The number of likely N-dealkylation sites (tertiary alicyclic amines) is 1. The molecule has 0 aliphatic carbocycles. The van der Waals surface area contributed by atoms with E-state index in [2.05, 4.69) is 0 Å². The van der Waals surface area contributed by atoms with Gasteiger partial charge in [0.15, 0.2) is 11.5 Å². The monoisotopic (exact) mass is 477 g/mol. The molecule has 0 bridgehead atoms. The Morgan fingerprint density at radius 2 is 1.67 bits per heavy atom. The first kappa shape index (κ1) is 24.2. The Labute approximate surface area is 195 Å². The van der Waals surface area contributed by atoms with Gasteiger partial charge in [-0.05, 0) is 23.8 Å². The number of methoxy groups -OCH3 is 4. The number of ether oxygens (including phenoxy) is 4. The largest absolute Gasteiger partial charge is 0.507 e. The topological polar surface area (TPSA) is 115 Å². The Morgan fingerprint density at radius 1 is 1.00 bits per heavy atom. The van der Waals surface area contributed by atoms with Gasteiger partial charge in [-0.3, -0.25) is 9.59 Å². The maximum Gasteiger partial charge on any atom is 0.295 e. The molecule has 176 valence electrons. The molecule has 1 aliphatic rings. The van der Waals surface area contributed by atoms with Crippen molar-refractivity contribution in [3.63, 3.8) is 0 Å². The molecule has 2 aromatic rings. The minimum Gasteiger partial charge on any atom is -0.507 e. The summed E-state index contributed by atoms with van der Waals surface area (Å²) in [6.07, 6.45) is 0. The molecular formula is C23H24ClNO8. The van der Waals surface area contributed by atoms with Gasteiger partial charge < -0.3 is 34.1 Å². The summed E-state index contributed by atoms with van der Waals surface area (Å²) in [5.41, 5.74) is 0.319. The van der Waals surface area contributed by atoms with Gasteiger partial charge in [-0.1, -0.05) is 17.7 Å². The molecule has 0 radical (unpaired) electrons. The van der Waals surface area contributed by atoms with Crippen molar-refractivity contribution in [3.05, 3.63) is 52.1 Å². The number of phenolic OH excluding ortho intramolecular Hbond substituents is 1. The van der Waals surface area contributed by atoms with Crippen molar-refractivity contribution in [1.29, 1.82) is 0 Å². The van der Waals surface area contributed by atoms with E-state index in [9.17, 15) is 19.8 Å². The Kier molecular flexibility index (Phi) is 7.35. The number of nitrogens with zero attached hydrogens (tertiary/aromatic N) is 1. The third kappa shape index (κ3) is 4.42. The summed E-state index contributed by atoms with van der Waals surface area (Å²) in [6, 6.07) is 6.34. The molecule has 2 N–H and O–H groups in total. The normalized spacial score (nSPS) is 17.4. The zero-order valence-electron chi connectivity index (χ0n) is 18.5. The van der Waals surface area contributed by atoms with E-state index in [0.29, 0.717) is 11.3 Å². The highest BCUT2D eigenvalue weighted by molar-refractivity contribution is 6.46. The number of Topliss-reactive ketones (excluding diaryl/α,β-unsaturated/α-hetero) is 1. The third-order valence-electron chi connectivity index (χ3n) is 5.32. The lowest BCUT2D eigenvalue weighted by Gasteiger charge is -2.25. The van der Waals surface area contributed by atoms with Crippen molar-refractivity contribution in [2.75, 3.05) is 41.6 Å².